The molecule has 0 aliphatic rings. The Bertz CT molecular complexity index is 262. The van der Waals surface area contributed by atoms with Crippen LogP contribution in [0.2, 0.25) is 0 Å². The number of halogens is 2. The Morgan fingerprint density at radius 1 is 0.824 bits per heavy atom. The topological polar surface area (TPSA) is 156 Å². The Morgan fingerprint density at radius 3 is 1.12 bits per heavy atom. The van der Waals surface area contributed by atoms with E-state index >= 15 is 0 Å². The van der Waals surface area contributed by atoms with E-state index in [2.05, 4.69) is 21.4 Å². The summed E-state index contributed by atoms with van der Waals surface area (Å²) in [5.74, 6) is 0. The molecule has 0 aromatic rings. The third-order valence-electron chi connectivity index (χ3n) is 1.51. The van der Waals surface area contributed by atoms with Crippen molar-refractivity contribution < 1.29 is 39.1 Å². The monoisotopic (exact) mass is 316 g/mol. The van der Waals surface area contributed by atoms with E-state index in [9.17, 15) is 0 Å². The molecule has 0 heterocycles. The minimum Gasteiger partial charge on any atom is -0.394 e. The summed E-state index contributed by atoms with van der Waals surface area (Å²) < 4.78 is 18.3. The molecule has 4 unspecified atom stereocenters. The van der Waals surface area contributed by atoms with Gasteiger partial charge in [-0.25, -0.2) is 0 Å². The normalized spacial score (nSPS) is 18.6. The third kappa shape index (κ3) is 12.5. The van der Waals surface area contributed by atoms with E-state index in [-0.39, 0.29) is 0 Å². The lowest BCUT2D eigenvalue weighted by atomic mass is 10.0. The highest BCUT2D eigenvalue weighted by Gasteiger charge is 2.29. The zero-order valence-electron chi connectivity index (χ0n) is 8.39. The van der Waals surface area contributed by atoms with Gasteiger partial charge in [0.15, 0.2) is 0 Å². The lowest BCUT2D eigenvalue weighted by Crippen LogP contribution is -2.46. The van der Waals surface area contributed by atoms with Crippen LogP contribution in [-0.2, 0) is 8.26 Å². The summed E-state index contributed by atoms with van der Waals surface area (Å²) in [6, 6.07) is 0. The van der Waals surface area contributed by atoms with Gasteiger partial charge in [0.1, 0.15) is 24.4 Å². The van der Waals surface area contributed by atoms with E-state index in [1.54, 1.807) is 0 Å². The number of hydrogen-bond acceptors (Lipinski definition) is 8. The highest BCUT2D eigenvalue weighted by atomic mass is 36.0. The van der Waals surface area contributed by atoms with Crippen molar-refractivity contribution in [1.82, 2.24) is 0 Å². The lowest BCUT2D eigenvalue weighted by molar-refractivity contribution is -0.123. The average Bonchev–Trinajstić information content (AvgIpc) is 2.22. The molecule has 0 amide bonds. The van der Waals surface area contributed by atoms with Crippen LogP contribution in [0.5, 0.6) is 0 Å². The molecular formula is C6H14Cl2O8S. The summed E-state index contributed by atoms with van der Waals surface area (Å²) in [5, 5.41) is 52.2. The zero-order valence-corrected chi connectivity index (χ0v) is 10.7. The van der Waals surface area contributed by atoms with Crippen LogP contribution in [0.15, 0.2) is 0 Å². The van der Waals surface area contributed by atoms with Crippen molar-refractivity contribution in [2.75, 3.05) is 13.2 Å². The molecule has 0 aromatic carbocycles. The van der Waals surface area contributed by atoms with Gasteiger partial charge in [-0.05, 0) is 0 Å². The Morgan fingerprint density at radius 2 is 1.00 bits per heavy atom. The maximum absolute atomic E-state index is 9.16. The molecule has 0 rings (SSSR count). The summed E-state index contributed by atoms with van der Waals surface area (Å²) in [7, 11) is 4.81. The molecule has 0 saturated carbocycles. The SMILES string of the molecule is O=S(=O)(Cl)Cl.OCC(O)C(O)C(O)C(O)CO. The van der Waals surface area contributed by atoms with E-state index in [0.717, 1.165) is 0 Å². The molecule has 0 bridgehead atoms. The molecule has 0 aliphatic heterocycles. The molecule has 6 N–H and O–H groups in total. The van der Waals surface area contributed by atoms with E-state index in [0.29, 0.717) is 0 Å². The Balaban J connectivity index is 0. The molecule has 0 saturated heterocycles. The Hall–Kier alpha value is 0.290. The quantitative estimate of drug-likeness (QED) is 0.295. The average molecular weight is 317 g/mol. The molecule has 106 valence electrons. The van der Waals surface area contributed by atoms with Crippen LogP contribution in [-0.4, -0.2) is 76.7 Å². The maximum atomic E-state index is 9.16. The Labute approximate surface area is 107 Å². The minimum absolute atomic E-state index is 0.726. The second kappa shape index (κ2) is 9.25. The highest BCUT2D eigenvalue weighted by molar-refractivity contribution is 8.31. The number of rotatable bonds is 5. The molecule has 0 aromatic heterocycles. The minimum atomic E-state index is -3.72. The maximum Gasteiger partial charge on any atom is 0.317 e. The van der Waals surface area contributed by atoms with Crippen LogP contribution in [0.1, 0.15) is 0 Å². The standard InChI is InChI=1S/C6H14O6.Cl2O2S/c7-1-3(9)5(11)6(12)4(10)2-8;1-5(2,3)4/h3-12H,1-2H2;. The van der Waals surface area contributed by atoms with Gasteiger partial charge in [-0.15, -0.1) is 0 Å². The summed E-state index contributed by atoms with van der Waals surface area (Å²) in [4.78, 5) is 0. The molecule has 4 atom stereocenters. The van der Waals surface area contributed by atoms with Crippen molar-refractivity contribution in [1.29, 1.82) is 0 Å². The van der Waals surface area contributed by atoms with Crippen molar-refractivity contribution >= 4 is 29.6 Å². The number of aliphatic hydroxyl groups excluding tert-OH is 6. The second-order valence-corrected chi connectivity index (χ2v) is 6.53. The summed E-state index contributed by atoms with van der Waals surface area (Å²) in [5.41, 5.74) is 0. The number of aliphatic hydroxyl groups is 6. The summed E-state index contributed by atoms with van der Waals surface area (Å²) in [6.07, 6.45) is -6.39. The van der Waals surface area contributed by atoms with Crippen LogP contribution in [0.3, 0.4) is 0 Å². The molecule has 8 nitrogen and oxygen atoms in total. The van der Waals surface area contributed by atoms with E-state index in [1.165, 1.54) is 0 Å². The highest BCUT2D eigenvalue weighted by Crippen LogP contribution is 2.04. The molecule has 0 aliphatic carbocycles. The lowest BCUT2D eigenvalue weighted by Gasteiger charge is -2.24. The van der Waals surface area contributed by atoms with Gasteiger partial charge >= 0.3 is 8.26 Å². The van der Waals surface area contributed by atoms with Crippen molar-refractivity contribution in [3.8, 4) is 0 Å². The summed E-state index contributed by atoms with van der Waals surface area (Å²) >= 11 is 0. The molecular weight excluding hydrogens is 303 g/mol. The molecule has 11 heteroatoms. The van der Waals surface area contributed by atoms with Gasteiger partial charge in [-0.3, -0.25) is 0 Å². The van der Waals surface area contributed by atoms with Gasteiger partial charge in [0, 0.05) is 21.4 Å². The fourth-order valence-electron chi connectivity index (χ4n) is 0.671. The smallest absolute Gasteiger partial charge is 0.317 e. The van der Waals surface area contributed by atoms with Gasteiger partial charge in [0.25, 0.3) is 0 Å². The molecule has 17 heavy (non-hydrogen) atoms. The van der Waals surface area contributed by atoms with E-state index in [1.807, 2.05) is 0 Å². The van der Waals surface area contributed by atoms with Gasteiger partial charge < -0.3 is 30.6 Å². The third-order valence-corrected chi connectivity index (χ3v) is 1.51. The molecule has 0 radical (unpaired) electrons. The summed E-state index contributed by atoms with van der Waals surface area (Å²) in [6.45, 7) is -1.45. The van der Waals surface area contributed by atoms with Crippen molar-refractivity contribution in [2.24, 2.45) is 0 Å². The van der Waals surface area contributed by atoms with Crippen LogP contribution in [0, 0.1) is 0 Å². The first kappa shape index (κ1) is 19.6. The first-order chi connectivity index (χ1) is 7.54. The van der Waals surface area contributed by atoms with Gasteiger partial charge in [0.05, 0.1) is 13.2 Å². The van der Waals surface area contributed by atoms with Crippen LogP contribution >= 0.6 is 21.4 Å². The van der Waals surface area contributed by atoms with Gasteiger partial charge in [-0.2, -0.15) is 8.42 Å². The molecule has 0 fully saturated rings. The fraction of sp³-hybridized carbons (Fsp3) is 1.00. The largest absolute Gasteiger partial charge is 0.394 e. The zero-order chi connectivity index (χ0) is 14.2. The van der Waals surface area contributed by atoms with E-state index < -0.39 is 45.9 Å². The van der Waals surface area contributed by atoms with Gasteiger partial charge in [0.2, 0.25) is 0 Å². The predicted molar refractivity (Wildman–Crippen MR) is 58.8 cm³/mol. The fourth-order valence-corrected chi connectivity index (χ4v) is 0.671. The molecule has 0 spiro atoms. The van der Waals surface area contributed by atoms with Crippen LogP contribution < -0.4 is 0 Å². The second-order valence-electron chi connectivity index (χ2n) is 2.86. The van der Waals surface area contributed by atoms with Crippen molar-refractivity contribution in [3.63, 3.8) is 0 Å². The van der Waals surface area contributed by atoms with Crippen LogP contribution in [0.25, 0.3) is 0 Å². The van der Waals surface area contributed by atoms with Gasteiger partial charge in [-0.1, -0.05) is 0 Å². The van der Waals surface area contributed by atoms with E-state index in [4.69, 9.17) is 39.1 Å². The first-order valence-corrected chi connectivity index (χ1v) is 7.26. The van der Waals surface area contributed by atoms with Crippen molar-refractivity contribution in [2.45, 2.75) is 24.4 Å². The first-order valence-electron chi connectivity index (χ1n) is 4.12. The van der Waals surface area contributed by atoms with Crippen LogP contribution in [0.4, 0.5) is 0 Å². The predicted octanol–water partition coefficient (Wildman–Crippen LogP) is -2.88. The Kier molecular flexibility index (Phi) is 10.7. The number of hydrogen-bond donors (Lipinski definition) is 6. The van der Waals surface area contributed by atoms with Crippen molar-refractivity contribution in [3.05, 3.63) is 0 Å².